The van der Waals surface area contributed by atoms with Crippen LogP contribution in [0.5, 0.6) is 0 Å². The molecule has 2 bridgehead atoms. The normalized spacial score (nSPS) is 37.8. The number of nitrogens with zero attached hydrogens (tertiary/aromatic N) is 1. The van der Waals surface area contributed by atoms with E-state index >= 15 is 0 Å². The predicted molar refractivity (Wildman–Crippen MR) is 47.6 cm³/mol. The van der Waals surface area contributed by atoms with Gasteiger partial charge in [-0.3, -0.25) is 4.90 Å². The SMILES string of the molecule is CC=C1CC2CCC(C1)N2C. The highest BCUT2D eigenvalue weighted by molar-refractivity contribution is 5.12. The van der Waals surface area contributed by atoms with E-state index in [4.69, 9.17) is 0 Å². The van der Waals surface area contributed by atoms with Crippen LogP contribution in [0.1, 0.15) is 32.6 Å². The lowest BCUT2D eigenvalue weighted by Gasteiger charge is -2.32. The van der Waals surface area contributed by atoms with Crippen molar-refractivity contribution < 1.29 is 0 Å². The standard InChI is InChI=1S/C10H17N/c1-3-8-6-9-4-5-10(7-8)11(9)2/h3,9-10H,4-7H2,1-2H3. The number of hydrogen-bond donors (Lipinski definition) is 0. The fraction of sp³-hybridized carbons (Fsp3) is 0.800. The Hall–Kier alpha value is -0.300. The zero-order valence-corrected chi connectivity index (χ0v) is 7.51. The van der Waals surface area contributed by atoms with Gasteiger partial charge in [-0.25, -0.2) is 0 Å². The molecule has 2 aliphatic heterocycles. The maximum Gasteiger partial charge on any atom is 0.0133 e. The maximum absolute atomic E-state index is 2.58. The van der Waals surface area contributed by atoms with Gasteiger partial charge in [-0.1, -0.05) is 11.6 Å². The summed E-state index contributed by atoms with van der Waals surface area (Å²) in [5.41, 5.74) is 1.69. The molecule has 0 saturated carbocycles. The third kappa shape index (κ3) is 1.12. The fourth-order valence-electron chi connectivity index (χ4n) is 2.51. The van der Waals surface area contributed by atoms with Crippen molar-refractivity contribution in [2.24, 2.45) is 0 Å². The molecular weight excluding hydrogens is 134 g/mol. The monoisotopic (exact) mass is 151 g/mol. The second-order valence-corrected chi connectivity index (χ2v) is 3.91. The molecule has 0 N–H and O–H groups in total. The molecule has 0 radical (unpaired) electrons. The first-order chi connectivity index (χ1) is 5.31. The van der Waals surface area contributed by atoms with Crippen LogP contribution in [0.2, 0.25) is 0 Å². The summed E-state index contributed by atoms with van der Waals surface area (Å²) in [6, 6.07) is 1.75. The minimum absolute atomic E-state index is 0.875. The molecule has 0 aromatic carbocycles. The summed E-state index contributed by atoms with van der Waals surface area (Å²) in [4.78, 5) is 2.58. The molecular formula is C10H17N. The van der Waals surface area contributed by atoms with Gasteiger partial charge < -0.3 is 0 Å². The Morgan fingerprint density at radius 2 is 1.82 bits per heavy atom. The Kier molecular flexibility index (Phi) is 1.76. The Labute approximate surface area is 69.1 Å². The minimum Gasteiger partial charge on any atom is -0.300 e. The summed E-state index contributed by atoms with van der Waals surface area (Å²) in [7, 11) is 2.29. The van der Waals surface area contributed by atoms with Crippen LogP contribution < -0.4 is 0 Å². The largest absolute Gasteiger partial charge is 0.300 e. The van der Waals surface area contributed by atoms with E-state index in [1.54, 1.807) is 5.57 Å². The average Bonchev–Trinajstić information content (AvgIpc) is 2.26. The molecule has 62 valence electrons. The summed E-state index contributed by atoms with van der Waals surface area (Å²) in [6.45, 7) is 2.18. The summed E-state index contributed by atoms with van der Waals surface area (Å²) in [5, 5.41) is 0. The van der Waals surface area contributed by atoms with Crippen molar-refractivity contribution in [2.75, 3.05) is 7.05 Å². The van der Waals surface area contributed by atoms with Crippen molar-refractivity contribution in [3.63, 3.8) is 0 Å². The molecule has 11 heavy (non-hydrogen) atoms. The summed E-state index contributed by atoms with van der Waals surface area (Å²) in [5.74, 6) is 0. The second kappa shape index (κ2) is 2.63. The van der Waals surface area contributed by atoms with Crippen LogP contribution in [0.3, 0.4) is 0 Å². The van der Waals surface area contributed by atoms with Crippen LogP contribution >= 0.6 is 0 Å². The van der Waals surface area contributed by atoms with Gasteiger partial charge in [-0.05, 0) is 39.7 Å². The smallest absolute Gasteiger partial charge is 0.0133 e. The van der Waals surface area contributed by atoms with E-state index in [1.165, 1.54) is 25.7 Å². The van der Waals surface area contributed by atoms with Crippen molar-refractivity contribution in [3.8, 4) is 0 Å². The van der Waals surface area contributed by atoms with Gasteiger partial charge in [0.1, 0.15) is 0 Å². The van der Waals surface area contributed by atoms with Gasteiger partial charge in [-0.15, -0.1) is 0 Å². The quantitative estimate of drug-likeness (QED) is 0.480. The zero-order valence-electron chi connectivity index (χ0n) is 7.51. The lowest BCUT2D eigenvalue weighted by atomic mass is 9.97. The number of allylic oxidation sites excluding steroid dienone is 1. The summed E-state index contributed by atoms with van der Waals surface area (Å²) < 4.78 is 0. The van der Waals surface area contributed by atoms with Crippen molar-refractivity contribution in [1.82, 2.24) is 4.90 Å². The molecule has 0 spiro atoms. The summed E-state index contributed by atoms with van der Waals surface area (Å²) >= 11 is 0. The van der Waals surface area contributed by atoms with Gasteiger partial charge in [0.05, 0.1) is 0 Å². The van der Waals surface area contributed by atoms with Crippen LogP contribution in [-0.4, -0.2) is 24.0 Å². The van der Waals surface area contributed by atoms with Crippen LogP contribution in [0.4, 0.5) is 0 Å². The third-order valence-electron chi connectivity index (χ3n) is 3.39. The number of fused-ring (bicyclic) bond motifs is 2. The average molecular weight is 151 g/mol. The third-order valence-corrected chi connectivity index (χ3v) is 3.39. The van der Waals surface area contributed by atoms with E-state index < -0.39 is 0 Å². The molecule has 2 aliphatic rings. The molecule has 2 saturated heterocycles. The van der Waals surface area contributed by atoms with Gasteiger partial charge in [0, 0.05) is 12.1 Å². The lowest BCUT2D eigenvalue weighted by Crippen LogP contribution is -2.36. The highest BCUT2D eigenvalue weighted by atomic mass is 15.2. The number of piperidine rings is 1. The van der Waals surface area contributed by atoms with Crippen LogP contribution in [0.15, 0.2) is 11.6 Å². The summed E-state index contributed by atoms with van der Waals surface area (Å²) in [6.07, 6.45) is 7.85. The van der Waals surface area contributed by atoms with Gasteiger partial charge >= 0.3 is 0 Å². The zero-order chi connectivity index (χ0) is 7.84. The fourth-order valence-corrected chi connectivity index (χ4v) is 2.51. The topological polar surface area (TPSA) is 3.24 Å². The predicted octanol–water partition coefficient (Wildman–Crippen LogP) is 2.19. The highest BCUT2D eigenvalue weighted by Crippen LogP contribution is 2.36. The van der Waals surface area contributed by atoms with E-state index in [9.17, 15) is 0 Å². The van der Waals surface area contributed by atoms with Gasteiger partial charge in [0.15, 0.2) is 0 Å². The molecule has 1 heteroatoms. The van der Waals surface area contributed by atoms with E-state index in [2.05, 4.69) is 24.9 Å². The van der Waals surface area contributed by atoms with E-state index in [-0.39, 0.29) is 0 Å². The van der Waals surface area contributed by atoms with Gasteiger partial charge in [0.2, 0.25) is 0 Å². The van der Waals surface area contributed by atoms with E-state index in [0.29, 0.717) is 0 Å². The first-order valence-electron chi connectivity index (χ1n) is 4.67. The van der Waals surface area contributed by atoms with E-state index in [1.807, 2.05) is 0 Å². The lowest BCUT2D eigenvalue weighted by molar-refractivity contribution is 0.209. The molecule has 2 unspecified atom stereocenters. The molecule has 1 nitrogen and oxygen atoms in total. The Morgan fingerprint density at radius 3 is 2.27 bits per heavy atom. The molecule has 2 heterocycles. The van der Waals surface area contributed by atoms with Crippen LogP contribution in [-0.2, 0) is 0 Å². The molecule has 2 rings (SSSR count). The Balaban J connectivity index is 2.14. The number of hydrogen-bond acceptors (Lipinski definition) is 1. The molecule has 2 fully saturated rings. The van der Waals surface area contributed by atoms with Crippen molar-refractivity contribution in [2.45, 2.75) is 44.7 Å². The molecule has 0 aliphatic carbocycles. The molecule has 0 aromatic heterocycles. The second-order valence-electron chi connectivity index (χ2n) is 3.91. The minimum atomic E-state index is 0.875. The molecule has 2 atom stereocenters. The van der Waals surface area contributed by atoms with Crippen LogP contribution in [0, 0.1) is 0 Å². The Morgan fingerprint density at radius 1 is 1.27 bits per heavy atom. The van der Waals surface area contributed by atoms with Crippen LogP contribution in [0.25, 0.3) is 0 Å². The number of rotatable bonds is 0. The molecule has 0 aromatic rings. The first kappa shape index (κ1) is 7.35. The van der Waals surface area contributed by atoms with Gasteiger partial charge in [-0.2, -0.15) is 0 Å². The molecule has 0 amide bonds. The Bertz CT molecular complexity index is 167. The maximum atomic E-state index is 2.58. The van der Waals surface area contributed by atoms with Crippen molar-refractivity contribution in [1.29, 1.82) is 0 Å². The highest BCUT2D eigenvalue weighted by Gasteiger charge is 2.35. The van der Waals surface area contributed by atoms with Crippen molar-refractivity contribution in [3.05, 3.63) is 11.6 Å². The first-order valence-corrected chi connectivity index (χ1v) is 4.67. The van der Waals surface area contributed by atoms with E-state index in [0.717, 1.165) is 12.1 Å². The van der Waals surface area contributed by atoms with Crippen molar-refractivity contribution >= 4 is 0 Å². The van der Waals surface area contributed by atoms with Gasteiger partial charge in [0.25, 0.3) is 0 Å².